The van der Waals surface area contributed by atoms with E-state index in [1.54, 1.807) is 0 Å². The molecule has 4 aromatic rings. The summed E-state index contributed by atoms with van der Waals surface area (Å²) in [6, 6.07) is 12.0. The topological polar surface area (TPSA) is 317 Å². The van der Waals surface area contributed by atoms with Crippen molar-refractivity contribution in [2.24, 2.45) is 0 Å². The van der Waals surface area contributed by atoms with Crippen molar-refractivity contribution in [3.8, 4) is 0 Å². The smallest absolute Gasteiger partial charge is 0.200 e. The minimum Gasteiger partial charge on any atom is -0.889 e. The van der Waals surface area contributed by atoms with E-state index >= 15 is 0 Å². The van der Waals surface area contributed by atoms with Gasteiger partial charge in [0.1, 0.15) is 0 Å². The summed E-state index contributed by atoms with van der Waals surface area (Å²) in [6.45, 7) is 70.7. The summed E-state index contributed by atoms with van der Waals surface area (Å²) < 4.78 is 248. The van der Waals surface area contributed by atoms with Gasteiger partial charge in [0.2, 0.25) is 0 Å². The monoisotopic (exact) mass is 1660 g/mol. The third-order valence-electron chi connectivity index (χ3n) is 12.1. The number of hydrogen-bond acceptors (Lipinski definition) is 8. The fourth-order valence-electron chi connectivity index (χ4n) is 9.47. The van der Waals surface area contributed by atoms with Crippen LogP contribution in [0.4, 0.5) is 87.8 Å². The van der Waals surface area contributed by atoms with Crippen molar-refractivity contribution in [1.82, 2.24) is 0 Å². The van der Waals surface area contributed by atoms with E-state index in [2.05, 4.69) is 264 Å². The highest BCUT2D eigenvalue weighted by molar-refractivity contribution is 6.56. The lowest BCUT2D eigenvalue weighted by Crippen LogP contribution is -2.92. The number of quaternary nitrogens is 8. The molecule has 4 aromatic carbocycles. The van der Waals surface area contributed by atoms with Gasteiger partial charge >= 0.3 is 0 Å². The standard InChI is InChI=1S/4C6BF5O2.8C6H15N/c4*8-2-1(7(13)14)3(9)5(11)6(12)4(2)10;8*1-5(2)7-6(3)4/h;;;;8*5-7H,1-4H3/q4*-2;;;;;;;;/p+8. The Bertz CT molecular complexity index is 2530. The number of rotatable bonds is 20. The highest BCUT2D eigenvalue weighted by Crippen LogP contribution is 2.19. The van der Waals surface area contributed by atoms with E-state index in [4.69, 9.17) is 0 Å². The van der Waals surface area contributed by atoms with Crippen molar-refractivity contribution in [2.45, 2.75) is 318 Å². The fourth-order valence-corrected chi connectivity index (χ4v) is 9.47. The number of benzene rings is 4. The van der Waals surface area contributed by atoms with E-state index in [0.717, 1.165) is 96.7 Å². The predicted molar refractivity (Wildman–Crippen MR) is 384 cm³/mol. The van der Waals surface area contributed by atoms with Crippen molar-refractivity contribution in [3.05, 3.63) is 116 Å². The highest BCUT2D eigenvalue weighted by Gasteiger charge is 2.27. The maximum atomic E-state index is 12.5. The summed E-state index contributed by atoms with van der Waals surface area (Å²) in [5.74, 6) is -47.0. The summed E-state index contributed by atoms with van der Waals surface area (Å²) >= 11 is 0. The lowest BCUT2D eigenvalue weighted by atomic mass is 9.79. The van der Waals surface area contributed by atoms with Crippen LogP contribution < -0.4 is 105 Å². The summed E-state index contributed by atoms with van der Waals surface area (Å²) in [7, 11) is -13.1. The molecule has 0 radical (unpaired) electrons. The molecule has 16 nitrogen and oxygen atoms in total. The van der Waals surface area contributed by atoms with Crippen molar-refractivity contribution in [2.75, 3.05) is 0 Å². The Morgan fingerprint density at radius 1 is 0.134 bits per heavy atom. The summed E-state index contributed by atoms with van der Waals surface area (Å²) in [4.78, 5) is 0. The Balaban J connectivity index is -0.000000178. The molecule has 4 rings (SSSR count). The SMILES string of the molecule is CC(C)[NH2+]C(C)C.CC(C)[NH2+]C(C)C.CC(C)[NH2+]C(C)C.CC(C)[NH2+]C(C)C.CC(C)[NH2+]C(C)C.CC(C)[NH2+]C(C)C.CC(C)[NH2+]C(C)C.CC(C)[NH2+]C(C)C.[O-]B([O-])c1c(F)c(F)c(F)c(F)c1F.[O-]B([O-])c1c(F)c(F)c(F)c(F)c1F.[O-]B([O-])c1c(F)c(F)c(F)c(F)c1F.[O-]B([O-])c1c(F)c(F)c(F)c(F)c1F. The Labute approximate surface area is 653 Å². The molecule has 16 N–H and O–H groups in total. The van der Waals surface area contributed by atoms with Crippen LogP contribution in [0.2, 0.25) is 0 Å². The molecule has 656 valence electrons. The van der Waals surface area contributed by atoms with Gasteiger partial charge in [0.05, 0.1) is 96.7 Å². The summed E-state index contributed by atoms with van der Waals surface area (Å²) in [6.07, 6.45) is 0. The predicted octanol–water partition coefficient (Wildman–Crippen LogP) is -1.88. The molecule has 0 fully saturated rings. The zero-order valence-corrected chi connectivity index (χ0v) is 71.0. The Morgan fingerprint density at radius 3 is 0.223 bits per heavy atom. The van der Waals surface area contributed by atoms with Crippen molar-refractivity contribution >= 4 is 50.3 Å². The van der Waals surface area contributed by atoms with Crippen molar-refractivity contribution < 1.29 is 171 Å². The normalized spacial score (nSPS) is 10.8. The highest BCUT2D eigenvalue weighted by atomic mass is 19.2. The van der Waals surface area contributed by atoms with Crippen molar-refractivity contribution in [3.63, 3.8) is 0 Å². The molecule has 0 aliphatic rings. The van der Waals surface area contributed by atoms with Crippen LogP contribution in [0.25, 0.3) is 0 Å². The summed E-state index contributed by atoms with van der Waals surface area (Å²) in [5.41, 5.74) is -7.55. The maximum Gasteiger partial charge on any atom is 0.200 e. The second kappa shape index (κ2) is 64.2. The van der Waals surface area contributed by atoms with Gasteiger partial charge in [-0.25, -0.2) is 87.8 Å². The minimum atomic E-state index is -3.26. The van der Waals surface area contributed by atoms with Gasteiger partial charge in [0, 0.05) is 0 Å². The molecule has 0 unspecified atom stereocenters. The quantitative estimate of drug-likeness (QED) is 0.0214. The van der Waals surface area contributed by atoms with E-state index in [1.165, 1.54) is 0 Å². The number of nitrogens with two attached hydrogens (primary N) is 8. The van der Waals surface area contributed by atoms with Gasteiger partial charge < -0.3 is 82.7 Å². The molecular formula is C72H128B4F20N8O8. The molecule has 0 spiro atoms. The van der Waals surface area contributed by atoms with Crippen LogP contribution in [-0.2, 0) is 0 Å². The average Bonchev–Trinajstić information content (AvgIpc) is 0.817. The van der Waals surface area contributed by atoms with Crippen LogP contribution in [-0.4, -0.2) is 125 Å². The molecule has 0 aliphatic carbocycles. The van der Waals surface area contributed by atoms with Gasteiger partial charge in [-0.15, -0.1) is 0 Å². The minimum absolute atomic E-state index is 0.750. The van der Waals surface area contributed by atoms with Gasteiger partial charge in [-0.3, -0.25) is 0 Å². The molecule has 0 aliphatic heterocycles. The molecule has 0 saturated heterocycles. The molecule has 0 bridgehead atoms. The molecule has 0 saturated carbocycles. The number of halogens is 20. The second-order valence-corrected chi connectivity index (χ2v) is 30.7. The molecular weight excluding hydrogens is 1530 g/mol. The van der Waals surface area contributed by atoms with E-state index in [-0.39, 0.29) is 0 Å². The van der Waals surface area contributed by atoms with Crippen LogP contribution in [0.15, 0.2) is 0 Å². The Hall–Kier alpha value is -4.90. The first-order valence-corrected chi connectivity index (χ1v) is 36.6. The van der Waals surface area contributed by atoms with Crippen molar-refractivity contribution in [1.29, 1.82) is 0 Å². The van der Waals surface area contributed by atoms with Crippen LogP contribution in [0, 0.1) is 116 Å². The number of hydrogen-bond donors (Lipinski definition) is 8. The maximum absolute atomic E-state index is 12.5. The molecule has 0 heterocycles. The molecule has 40 heteroatoms. The van der Waals surface area contributed by atoms with E-state index in [0.29, 0.717) is 0 Å². The van der Waals surface area contributed by atoms with Crippen LogP contribution in [0.3, 0.4) is 0 Å². The molecule has 0 atom stereocenters. The summed E-state index contributed by atoms with van der Waals surface area (Å²) in [5, 5.41) is 99.4. The van der Waals surface area contributed by atoms with Gasteiger partial charge in [-0.2, -0.15) is 0 Å². The fraction of sp³-hybridized carbons (Fsp3) is 0.667. The largest absolute Gasteiger partial charge is 0.889 e. The van der Waals surface area contributed by atoms with Crippen LogP contribution >= 0.6 is 0 Å². The van der Waals surface area contributed by atoms with Gasteiger partial charge in [-0.1, -0.05) is 28.5 Å². The van der Waals surface area contributed by atoms with E-state index < -0.39 is 167 Å². The lowest BCUT2D eigenvalue weighted by Gasteiger charge is -2.27. The Morgan fingerprint density at radius 2 is 0.188 bits per heavy atom. The van der Waals surface area contributed by atoms with E-state index in [9.17, 15) is 128 Å². The molecule has 112 heavy (non-hydrogen) atoms. The van der Waals surface area contributed by atoms with Gasteiger partial charge in [0.15, 0.2) is 116 Å². The lowest BCUT2D eigenvalue weighted by molar-refractivity contribution is -0.709. The van der Waals surface area contributed by atoms with E-state index in [1.807, 2.05) is 0 Å². The van der Waals surface area contributed by atoms with Crippen LogP contribution in [0.1, 0.15) is 222 Å². The van der Waals surface area contributed by atoms with Gasteiger partial charge in [-0.05, 0) is 243 Å². The van der Waals surface area contributed by atoms with Gasteiger partial charge in [0.25, 0.3) is 0 Å². The first-order valence-electron chi connectivity index (χ1n) is 36.6. The third kappa shape index (κ3) is 58.9. The first-order chi connectivity index (χ1) is 50.5. The Kier molecular flexibility index (Phi) is 70.4. The molecule has 0 aromatic heterocycles. The first kappa shape index (κ1) is 123. The average molecular weight is 1660 g/mol. The third-order valence-corrected chi connectivity index (χ3v) is 12.1. The zero-order valence-electron chi connectivity index (χ0n) is 71.0. The van der Waals surface area contributed by atoms with Crippen LogP contribution in [0.5, 0.6) is 0 Å². The second-order valence-electron chi connectivity index (χ2n) is 30.7. The molecule has 0 amide bonds. The zero-order chi connectivity index (χ0) is 91.1.